The van der Waals surface area contributed by atoms with E-state index in [4.69, 9.17) is 5.11 Å². The van der Waals surface area contributed by atoms with Crippen molar-refractivity contribution in [3.8, 4) is 0 Å². The summed E-state index contributed by atoms with van der Waals surface area (Å²) < 4.78 is 42.3. The molecule has 13 heteroatoms. The van der Waals surface area contributed by atoms with Gasteiger partial charge in [-0.3, -0.25) is 15.6 Å². The van der Waals surface area contributed by atoms with E-state index in [0.717, 1.165) is 25.7 Å². The Bertz CT molecular complexity index is 899. The summed E-state index contributed by atoms with van der Waals surface area (Å²) in [4.78, 5) is 34.7. The second-order valence-electron chi connectivity index (χ2n) is 9.67. The van der Waals surface area contributed by atoms with Crippen molar-refractivity contribution in [3.05, 3.63) is 11.6 Å². The van der Waals surface area contributed by atoms with Gasteiger partial charge in [-0.05, 0) is 32.4 Å². The second-order valence-corrected chi connectivity index (χ2v) is 9.67. The minimum atomic E-state index is -3.04. The molecule has 1 aliphatic heterocycles. The monoisotopic (exact) mass is 501 g/mol. The largest absolute Gasteiger partial charge is 0.465 e. The normalized spacial score (nSPS) is 21.5. The lowest BCUT2D eigenvalue weighted by Crippen LogP contribution is -2.42. The summed E-state index contributed by atoms with van der Waals surface area (Å²) >= 11 is 0. The molecule has 2 heterocycles. The van der Waals surface area contributed by atoms with Gasteiger partial charge in [-0.25, -0.2) is 23.5 Å². The molecule has 2 aliphatic rings. The van der Waals surface area contributed by atoms with E-state index >= 15 is 4.39 Å². The molecule has 35 heavy (non-hydrogen) atoms. The lowest BCUT2D eigenvalue weighted by Gasteiger charge is -2.23. The number of hydrazine groups is 1. The summed E-state index contributed by atoms with van der Waals surface area (Å²) in [7, 11) is 3.80. The Hall–Kier alpha value is -2.83. The molecule has 3 atom stereocenters. The Kier molecular flexibility index (Phi) is 8.98. The summed E-state index contributed by atoms with van der Waals surface area (Å²) in [5.41, 5.74) is 4.67. The molecule has 1 saturated heterocycles. The molecule has 0 bridgehead atoms. The molecule has 196 valence electrons. The highest BCUT2D eigenvalue weighted by atomic mass is 19.3. The number of carboxylic acid groups (broad SMARTS) is 1. The lowest BCUT2D eigenvalue weighted by molar-refractivity contribution is -0.124. The first-order valence-corrected chi connectivity index (χ1v) is 11.9. The molecule has 0 aromatic carbocycles. The van der Waals surface area contributed by atoms with E-state index < -0.39 is 41.8 Å². The van der Waals surface area contributed by atoms with Crippen LogP contribution in [0.1, 0.15) is 51.3 Å². The molecule has 0 radical (unpaired) electrons. The highest BCUT2D eigenvalue weighted by molar-refractivity contribution is 5.80. The number of amides is 2. The minimum Gasteiger partial charge on any atom is -0.465 e. The summed E-state index contributed by atoms with van der Waals surface area (Å²) in [5, 5.41) is 11.2. The number of likely N-dealkylation sites (N-methyl/N-ethyl adjacent to an activating group) is 1. The fourth-order valence-corrected chi connectivity index (χ4v) is 5.00. The van der Waals surface area contributed by atoms with Crippen LogP contribution in [0.15, 0.2) is 0 Å². The number of nitrogens with one attached hydrogen (secondary N) is 3. The Labute approximate surface area is 202 Å². The maximum atomic E-state index is 15.3. The van der Waals surface area contributed by atoms with Crippen LogP contribution in [-0.4, -0.2) is 71.7 Å². The van der Waals surface area contributed by atoms with E-state index in [0.29, 0.717) is 19.5 Å². The molecule has 1 aromatic heterocycles. The number of anilines is 2. The predicted molar refractivity (Wildman–Crippen MR) is 124 cm³/mol. The topological polar surface area (TPSA) is 123 Å². The maximum absolute atomic E-state index is 15.3. The van der Waals surface area contributed by atoms with E-state index in [1.165, 1.54) is 0 Å². The SMILES string of the molecule is C[C@@H]1CN(c2nc(C(F)F)nc(NNC(=O)[C@@H](CNC(=O)O)CC3CCCC3)c2F)C[C@H]1N(C)C. The molecule has 0 unspecified atom stereocenters. The number of hydrogen-bond donors (Lipinski definition) is 4. The molecular formula is C22H34F3N7O3. The molecular weight excluding hydrogens is 467 g/mol. The van der Waals surface area contributed by atoms with Gasteiger partial charge >= 0.3 is 6.09 Å². The van der Waals surface area contributed by atoms with Crippen LogP contribution in [0.5, 0.6) is 0 Å². The Morgan fingerprint density at radius 2 is 1.89 bits per heavy atom. The van der Waals surface area contributed by atoms with Crippen molar-refractivity contribution in [3.63, 3.8) is 0 Å². The van der Waals surface area contributed by atoms with Crippen LogP contribution >= 0.6 is 0 Å². The number of nitrogens with zero attached hydrogens (tertiary/aromatic N) is 4. The first-order valence-electron chi connectivity index (χ1n) is 11.9. The molecule has 0 spiro atoms. The Morgan fingerprint density at radius 1 is 1.20 bits per heavy atom. The summed E-state index contributed by atoms with van der Waals surface area (Å²) in [6.45, 7) is 2.71. The third-order valence-corrected chi connectivity index (χ3v) is 6.85. The molecule has 2 fully saturated rings. The van der Waals surface area contributed by atoms with Crippen molar-refractivity contribution < 1.29 is 27.9 Å². The molecule has 3 rings (SSSR count). The van der Waals surface area contributed by atoms with Gasteiger partial charge in [-0.2, -0.15) is 4.39 Å². The number of carbonyl (C=O) groups is 2. The number of carbonyl (C=O) groups excluding carboxylic acids is 1. The summed E-state index contributed by atoms with van der Waals surface area (Å²) in [6, 6.07) is 0.0913. The maximum Gasteiger partial charge on any atom is 0.404 e. The lowest BCUT2D eigenvalue weighted by atomic mass is 9.92. The van der Waals surface area contributed by atoms with E-state index in [1.54, 1.807) is 4.90 Å². The number of rotatable bonds is 10. The van der Waals surface area contributed by atoms with Crippen LogP contribution in [0.2, 0.25) is 0 Å². The molecule has 4 N–H and O–H groups in total. The Morgan fingerprint density at radius 3 is 2.46 bits per heavy atom. The van der Waals surface area contributed by atoms with Crippen molar-refractivity contribution >= 4 is 23.6 Å². The van der Waals surface area contributed by atoms with Gasteiger partial charge in [0.15, 0.2) is 17.5 Å². The average molecular weight is 502 g/mol. The second kappa shape index (κ2) is 11.7. The fraction of sp³-hybridized carbons (Fsp3) is 0.727. The zero-order valence-electron chi connectivity index (χ0n) is 20.2. The Balaban J connectivity index is 1.76. The van der Waals surface area contributed by atoms with Crippen LogP contribution < -0.4 is 21.1 Å². The number of alkyl halides is 2. The van der Waals surface area contributed by atoms with Gasteiger partial charge in [0.25, 0.3) is 6.43 Å². The van der Waals surface area contributed by atoms with Gasteiger partial charge in [-0.1, -0.05) is 32.6 Å². The van der Waals surface area contributed by atoms with Crippen molar-refractivity contribution in [1.29, 1.82) is 0 Å². The minimum absolute atomic E-state index is 0.0913. The first kappa shape index (κ1) is 26.8. The van der Waals surface area contributed by atoms with E-state index in [2.05, 4.69) is 26.1 Å². The van der Waals surface area contributed by atoms with Crippen molar-refractivity contribution in [1.82, 2.24) is 25.6 Å². The standard InChI is InChI=1S/C22H34F3N7O3/c1-12-10-32(11-15(12)31(2)3)20-16(23)18(27-19(28-20)17(24)25)29-30-21(33)14(9-26-22(34)35)8-13-6-4-5-7-13/h12-15,17,26H,4-11H2,1-3H3,(H,30,33)(H,34,35)(H,27,28,29)/t12-,14-,15-/m1/s1. The summed E-state index contributed by atoms with van der Waals surface area (Å²) in [5.74, 6) is -3.46. The first-order chi connectivity index (χ1) is 16.6. The highest BCUT2D eigenvalue weighted by Gasteiger charge is 2.35. The number of aromatic nitrogens is 2. The van der Waals surface area contributed by atoms with Gasteiger partial charge in [0.05, 0.1) is 5.92 Å². The van der Waals surface area contributed by atoms with Crippen LogP contribution in [-0.2, 0) is 4.79 Å². The number of halogens is 3. The van der Waals surface area contributed by atoms with Gasteiger partial charge in [0.1, 0.15) is 0 Å². The third kappa shape index (κ3) is 6.86. The van der Waals surface area contributed by atoms with Crippen LogP contribution in [0.25, 0.3) is 0 Å². The quantitative estimate of drug-likeness (QED) is 0.361. The van der Waals surface area contributed by atoms with Crippen molar-refractivity contribution in [2.24, 2.45) is 17.8 Å². The zero-order valence-corrected chi connectivity index (χ0v) is 20.2. The number of hydrogen-bond acceptors (Lipinski definition) is 7. The van der Waals surface area contributed by atoms with E-state index in [1.807, 2.05) is 25.9 Å². The van der Waals surface area contributed by atoms with Gasteiger partial charge in [0, 0.05) is 25.7 Å². The fourth-order valence-electron chi connectivity index (χ4n) is 5.00. The highest BCUT2D eigenvalue weighted by Crippen LogP contribution is 2.32. The smallest absolute Gasteiger partial charge is 0.404 e. The van der Waals surface area contributed by atoms with Gasteiger partial charge in [-0.15, -0.1) is 0 Å². The van der Waals surface area contributed by atoms with Gasteiger partial charge < -0.3 is 20.2 Å². The van der Waals surface area contributed by atoms with E-state index in [-0.39, 0.29) is 30.2 Å². The van der Waals surface area contributed by atoms with Crippen molar-refractivity contribution in [2.45, 2.75) is 51.5 Å². The molecule has 1 aliphatic carbocycles. The molecule has 10 nitrogen and oxygen atoms in total. The predicted octanol–water partition coefficient (Wildman–Crippen LogP) is 2.85. The third-order valence-electron chi connectivity index (χ3n) is 6.85. The molecule has 1 aromatic rings. The summed E-state index contributed by atoms with van der Waals surface area (Å²) in [6.07, 6.45) is 0.182. The average Bonchev–Trinajstić information content (AvgIpc) is 3.44. The molecule has 1 saturated carbocycles. The zero-order chi connectivity index (χ0) is 25.7. The van der Waals surface area contributed by atoms with Crippen LogP contribution in [0.4, 0.5) is 29.6 Å². The van der Waals surface area contributed by atoms with Crippen molar-refractivity contribution in [2.75, 3.05) is 44.1 Å². The van der Waals surface area contributed by atoms with Crippen LogP contribution in [0, 0.1) is 23.6 Å². The van der Waals surface area contributed by atoms with Crippen LogP contribution in [0.3, 0.4) is 0 Å². The van der Waals surface area contributed by atoms with E-state index in [9.17, 15) is 18.4 Å². The molecule has 2 amide bonds. The van der Waals surface area contributed by atoms with Gasteiger partial charge in [0.2, 0.25) is 11.7 Å².